The van der Waals surface area contributed by atoms with Crippen molar-refractivity contribution < 1.29 is 14.7 Å². The smallest absolute Gasteiger partial charge is 0.336 e. The van der Waals surface area contributed by atoms with Crippen LogP contribution in [-0.4, -0.2) is 31.6 Å². The summed E-state index contributed by atoms with van der Waals surface area (Å²) in [5.41, 5.74) is 3.23. The molecule has 162 valence electrons. The van der Waals surface area contributed by atoms with E-state index in [1.54, 1.807) is 54.1 Å². The third-order valence-corrected chi connectivity index (χ3v) is 5.18. The number of hydrogen-bond donors (Lipinski definition) is 1. The van der Waals surface area contributed by atoms with Crippen molar-refractivity contribution >= 4 is 11.8 Å². The molecule has 0 saturated carbocycles. The van der Waals surface area contributed by atoms with E-state index in [0.717, 1.165) is 11.1 Å². The molecular formula is C27H21N3O3. The van der Waals surface area contributed by atoms with Gasteiger partial charge in [0.25, 0.3) is 0 Å². The van der Waals surface area contributed by atoms with Gasteiger partial charge in [-0.15, -0.1) is 11.0 Å². The Kier molecular flexibility index (Phi) is 6.42. The number of carbonyl (C=O) groups is 2. The van der Waals surface area contributed by atoms with Crippen LogP contribution in [0.4, 0.5) is 0 Å². The number of benzene rings is 3. The summed E-state index contributed by atoms with van der Waals surface area (Å²) < 4.78 is 1.65. The minimum absolute atomic E-state index is 0.140. The van der Waals surface area contributed by atoms with E-state index < -0.39 is 5.97 Å². The molecule has 0 atom stereocenters. The lowest BCUT2D eigenvalue weighted by Crippen LogP contribution is -2.06. The maximum Gasteiger partial charge on any atom is 0.336 e. The second-order valence-corrected chi connectivity index (χ2v) is 7.36. The third kappa shape index (κ3) is 4.89. The van der Waals surface area contributed by atoms with Crippen LogP contribution in [0, 0.1) is 11.8 Å². The zero-order chi connectivity index (χ0) is 23.2. The summed E-state index contributed by atoms with van der Waals surface area (Å²) in [7, 11) is 0. The van der Waals surface area contributed by atoms with Crippen LogP contribution >= 0.6 is 0 Å². The number of hydrogen-bond acceptors (Lipinski definition) is 4. The first kappa shape index (κ1) is 21.7. The van der Waals surface area contributed by atoms with Gasteiger partial charge in [-0.3, -0.25) is 4.79 Å². The summed E-state index contributed by atoms with van der Waals surface area (Å²) in [5.74, 6) is 5.40. The molecule has 0 aliphatic carbocycles. The van der Waals surface area contributed by atoms with E-state index in [2.05, 4.69) is 21.9 Å². The van der Waals surface area contributed by atoms with E-state index in [9.17, 15) is 14.7 Å². The predicted octanol–water partition coefficient (Wildman–Crippen LogP) is 4.49. The molecule has 0 radical (unpaired) electrons. The van der Waals surface area contributed by atoms with Crippen molar-refractivity contribution in [1.82, 2.24) is 14.8 Å². The first-order chi connectivity index (χ1) is 16.1. The fourth-order valence-corrected chi connectivity index (χ4v) is 3.51. The lowest BCUT2D eigenvalue weighted by atomic mass is 9.98. The number of carboxylic acid groups (broad SMARTS) is 1. The topological polar surface area (TPSA) is 85.1 Å². The van der Waals surface area contributed by atoms with Gasteiger partial charge >= 0.3 is 5.97 Å². The SMILES string of the molecule is CC#CCn1nc(C(=O)c2ccccc2)nc1Cc1ccc(-c2ccccc2C(=O)O)cc1. The average molecular weight is 435 g/mol. The molecule has 4 rings (SSSR count). The summed E-state index contributed by atoms with van der Waals surface area (Å²) in [4.78, 5) is 28.8. The Morgan fingerprint density at radius 3 is 2.33 bits per heavy atom. The number of aromatic carboxylic acids is 1. The molecule has 6 nitrogen and oxygen atoms in total. The molecule has 6 heteroatoms. The highest BCUT2D eigenvalue weighted by Crippen LogP contribution is 2.24. The van der Waals surface area contributed by atoms with Crippen molar-refractivity contribution in [2.75, 3.05) is 0 Å². The third-order valence-electron chi connectivity index (χ3n) is 5.18. The average Bonchev–Trinajstić information content (AvgIpc) is 3.25. The summed E-state index contributed by atoms with van der Waals surface area (Å²) >= 11 is 0. The molecule has 0 aliphatic heterocycles. The van der Waals surface area contributed by atoms with Gasteiger partial charge in [0, 0.05) is 12.0 Å². The van der Waals surface area contributed by atoms with Crippen LogP contribution in [0.5, 0.6) is 0 Å². The van der Waals surface area contributed by atoms with E-state index >= 15 is 0 Å². The van der Waals surface area contributed by atoms with E-state index in [-0.39, 0.29) is 17.2 Å². The summed E-state index contributed by atoms with van der Waals surface area (Å²) in [6.45, 7) is 2.09. The molecule has 4 aromatic rings. The fraction of sp³-hybridized carbons (Fsp3) is 0.111. The standard InChI is InChI=1S/C27H21N3O3/c1-2-3-17-30-24(28-26(29-30)25(31)21-9-5-4-6-10-21)18-19-13-15-20(16-14-19)22-11-7-8-12-23(22)27(32)33/h4-16H,17-18H2,1H3,(H,32,33). The summed E-state index contributed by atoms with van der Waals surface area (Å²) in [5, 5.41) is 13.9. The van der Waals surface area contributed by atoms with Crippen LogP contribution in [-0.2, 0) is 13.0 Å². The van der Waals surface area contributed by atoms with Gasteiger partial charge in [-0.05, 0) is 29.7 Å². The monoisotopic (exact) mass is 435 g/mol. The highest BCUT2D eigenvalue weighted by Gasteiger charge is 2.18. The minimum Gasteiger partial charge on any atom is -0.478 e. The Balaban J connectivity index is 1.62. The van der Waals surface area contributed by atoms with Gasteiger partial charge in [0.15, 0.2) is 0 Å². The maximum absolute atomic E-state index is 12.8. The zero-order valence-electron chi connectivity index (χ0n) is 18.0. The molecule has 0 saturated heterocycles. The lowest BCUT2D eigenvalue weighted by Gasteiger charge is -2.08. The molecule has 33 heavy (non-hydrogen) atoms. The molecule has 1 aromatic heterocycles. The van der Waals surface area contributed by atoms with Gasteiger partial charge in [-0.2, -0.15) is 0 Å². The molecule has 1 N–H and O–H groups in total. The second kappa shape index (κ2) is 9.75. The Labute approximate surface area is 191 Å². The van der Waals surface area contributed by atoms with Gasteiger partial charge in [-0.1, -0.05) is 78.7 Å². The van der Waals surface area contributed by atoms with E-state index in [0.29, 0.717) is 29.9 Å². The van der Waals surface area contributed by atoms with Crippen molar-refractivity contribution in [1.29, 1.82) is 0 Å². The van der Waals surface area contributed by atoms with Crippen LogP contribution in [0.25, 0.3) is 11.1 Å². The predicted molar refractivity (Wildman–Crippen MR) is 125 cm³/mol. The van der Waals surface area contributed by atoms with Crippen LogP contribution in [0.15, 0.2) is 78.9 Å². The number of carbonyl (C=O) groups excluding carboxylic acids is 1. The highest BCUT2D eigenvalue weighted by molar-refractivity contribution is 6.06. The highest BCUT2D eigenvalue weighted by atomic mass is 16.4. The maximum atomic E-state index is 12.8. The van der Waals surface area contributed by atoms with E-state index in [1.807, 2.05) is 36.4 Å². The quantitative estimate of drug-likeness (QED) is 0.342. The zero-order valence-corrected chi connectivity index (χ0v) is 18.0. The number of nitrogens with zero attached hydrogens (tertiary/aromatic N) is 3. The van der Waals surface area contributed by atoms with Crippen molar-refractivity contribution in [3.8, 4) is 23.0 Å². The van der Waals surface area contributed by atoms with Crippen molar-refractivity contribution in [3.63, 3.8) is 0 Å². The van der Waals surface area contributed by atoms with Gasteiger partial charge in [-0.25, -0.2) is 14.5 Å². The Morgan fingerprint density at radius 1 is 0.939 bits per heavy atom. The van der Waals surface area contributed by atoms with Crippen molar-refractivity contribution in [2.24, 2.45) is 0 Å². The molecule has 0 bridgehead atoms. The van der Waals surface area contributed by atoms with Crippen LogP contribution in [0.3, 0.4) is 0 Å². The summed E-state index contributed by atoms with van der Waals surface area (Å²) in [6.07, 6.45) is 0.460. The molecular weight excluding hydrogens is 414 g/mol. The van der Waals surface area contributed by atoms with Crippen molar-refractivity contribution in [3.05, 3.63) is 107 Å². The molecule has 0 unspecified atom stereocenters. The Hall–Kier alpha value is -4.50. The number of rotatable bonds is 7. The Morgan fingerprint density at radius 2 is 1.64 bits per heavy atom. The van der Waals surface area contributed by atoms with Gasteiger partial charge in [0.1, 0.15) is 12.4 Å². The molecule has 1 heterocycles. The normalized spacial score (nSPS) is 10.3. The lowest BCUT2D eigenvalue weighted by molar-refractivity contribution is 0.0697. The molecule has 0 aliphatic rings. The number of ketones is 1. The second-order valence-electron chi connectivity index (χ2n) is 7.36. The first-order valence-electron chi connectivity index (χ1n) is 10.4. The first-order valence-corrected chi connectivity index (χ1v) is 10.4. The Bertz CT molecular complexity index is 1360. The van der Waals surface area contributed by atoms with E-state index in [1.165, 1.54) is 0 Å². The molecule has 0 spiro atoms. The van der Waals surface area contributed by atoms with Crippen LogP contribution in [0.2, 0.25) is 0 Å². The van der Waals surface area contributed by atoms with Crippen LogP contribution < -0.4 is 0 Å². The van der Waals surface area contributed by atoms with Crippen LogP contribution in [0.1, 0.15) is 44.9 Å². The van der Waals surface area contributed by atoms with Crippen molar-refractivity contribution in [2.45, 2.75) is 19.9 Å². The van der Waals surface area contributed by atoms with E-state index in [4.69, 9.17) is 0 Å². The fourth-order valence-electron chi connectivity index (χ4n) is 3.51. The van der Waals surface area contributed by atoms with Gasteiger partial charge in [0.2, 0.25) is 11.6 Å². The molecule has 0 amide bonds. The van der Waals surface area contributed by atoms with Gasteiger partial charge in [0.05, 0.1) is 5.56 Å². The molecule has 3 aromatic carbocycles. The van der Waals surface area contributed by atoms with Gasteiger partial charge < -0.3 is 5.11 Å². The molecule has 0 fully saturated rings. The number of carboxylic acids is 1. The summed E-state index contributed by atoms with van der Waals surface area (Å²) in [6, 6.07) is 23.5. The number of aromatic nitrogens is 3. The minimum atomic E-state index is -0.963. The largest absolute Gasteiger partial charge is 0.478 e.